The van der Waals surface area contributed by atoms with Gasteiger partial charge in [-0.1, -0.05) is 24.3 Å². The lowest BCUT2D eigenvalue weighted by Gasteiger charge is -2.24. The highest BCUT2D eigenvalue weighted by Gasteiger charge is 2.24. The SMILES string of the molecule is Fc1cc(F)c2nc(C3CNCc4ccccc43)[nH]c2c1. The number of imidazole rings is 1. The molecule has 0 fully saturated rings. The minimum Gasteiger partial charge on any atom is -0.341 e. The Hall–Kier alpha value is -2.27. The van der Waals surface area contributed by atoms with E-state index in [9.17, 15) is 8.78 Å². The molecule has 0 radical (unpaired) electrons. The monoisotopic (exact) mass is 285 g/mol. The van der Waals surface area contributed by atoms with Crippen molar-refractivity contribution in [1.29, 1.82) is 0 Å². The summed E-state index contributed by atoms with van der Waals surface area (Å²) >= 11 is 0. The van der Waals surface area contributed by atoms with Gasteiger partial charge in [-0.3, -0.25) is 0 Å². The second-order valence-electron chi connectivity index (χ2n) is 5.29. The van der Waals surface area contributed by atoms with Crippen molar-refractivity contribution in [2.45, 2.75) is 12.5 Å². The fourth-order valence-corrected chi connectivity index (χ4v) is 2.97. The van der Waals surface area contributed by atoms with Crippen molar-refractivity contribution in [1.82, 2.24) is 15.3 Å². The Morgan fingerprint density at radius 3 is 2.90 bits per heavy atom. The van der Waals surface area contributed by atoms with Crippen molar-refractivity contribution >= 4 is 11.0 Å². The number of halogens is 2. The standard InChI is InChI=1S/C16H13F2N3/c17-10-5-13(18)15-14(6-10)20-16(21-15)12-8-19-7-9-3-1-2-4-11(9)12/h1-6,12,19H,7-8H2,(H,20,21). The molecule has 2 aromatic carbocycles. The molecule has 1 atom stereocenters. The Bertz CT molecular complexity index is 826. The Morgan fingerprint density at radius 1 is 1.14 bits per heavy atom. The molecule has 0 amide bonds. The molecule has 0 spiro atoms. The number of hydrogen-bond acceptors (Lipinski definition) is 2. The maximum absolute atomic E-state index is 13.8. The number of nitrogens with zero attached hydrogens (tertiary/aromatic N) is 1. The predicted molar refractivity (Wildman–Crippen MR) is 76.0 cm³/mol. The first-order chi connectivity index (χ1) is 10.2. The van der Waals surface area contributed by atoms with Crippen LogP contribution in [0.1, 0.15) is 22.9 Å². The van der Waals surface area contributed by atoms with Crippen LogP contribution < -0.4 is 5.32 Å². The third kappa shape index (κ3) is 2.01. The van der Waals surface area contributed by atoms with Gasteiger partial charge in [0.15, 0.2) is 5.82 Å². The van der Waals surface area contributed by atoms with Gasteiger partial charge in [0.25, 0.3) is 0 Å². The van der Waals surface area contributed by atoms with Gasteiger partial charge in [-0.05, 0) is 17.2 Å². The Morgan fingerprint density at radius 2 is 2.00 bits per heavy atom. The number of fused-ring (bicyclic) bond motifs is 2. The fraction of sp³-hybridized carbons (Fsp3) is 0.188. The first-order valence-corrected chi connectivity index (χ1v) is 6.85. The zero-order valence-electron chi connectivity index (χ0n) is 11.2. The zero-order valence-corrected chi connectivity index (χ0v) is 11.2. The van der Waals surface area contributed by atoms with Crippen LogP contribution in [-0.2, 0) is 6.54 Å². The highest BCUT2D eigenvalue weighted by atomic mass is 19.1. The summed E-state index contributed by atoms with van der Waals surface area (Å²) in [5.41, 5.74) is 2.97. The third-order valence-electron chi connectivity index (χ3n) is 3.95. The van der Waals surface area contributed by atoms with Gasteiger partial charge in [-0.15, -0.1) is 0 Å². The number of H-pyrrole nitrogens is 1. The molecule has 3 aromatic rings. The smallest absolute Gasteiger partial charge is 0.153 e. The summed E-state index contributed by atoms with van der Waals surface area (Å²) in [6, 6.07) is 10.2. The van der Waals surface area contributed by atoms with Gasteiger partial charge in [-0.2, -0.15) is 0 Å². The van der Waals surface area contributed by atoms with E-state index in [4.69, 9.17) is 0 Å². The van der Waals surface area contributed by atoms with Gasteiger partial charge in [-0.25, -0.2) is 13.8 Å². The normalized spacial score (nSPS) is 17.9. The topological polar surface area (TPSA) is 40.7 Å². The largest absolute Gasteiger partial charge is 0.341 e. The van der Waals surface area contributed by atoms with Crippen LogP contribution in [0.5, 0.6) is 0 Å². The maximum Gasteiger partial charge on any atom is 0.153 e. The molecule has 0 bridgehead atoms. The van der Waals surface area contributed by atoms with Crippen LogP contribution in [0.25, 0.3) is 11.0 Å². The van der Waals surface area contributed by atoms with E-state index in [-0.39, 0.29) is 11.4 Å². The van der Waals surface area contributed by atoms with Crippen LogP contribution >= 0.6 is 0 Å². The molecular formula is C16H13F2N3. The molecule has 1 aromatic heterocycles. The van der Waals surface area contributed by atoms with Crippen LogP contribution in [0.2, 0.25) is 0 Å². The lowest BCUT2D eigenvalue weighted by atomic mass is 9.90. The number of nitrogens with one attached hydrogen (secondary N) is 2. The maximum atomic E-state index is 13.8. The molecule has 1 aliphatic heterocycles. The van der Waals surface area contributed by atoms with Crippen molar-refractivity contribution < 1.29 is 8.78 Å². The summed E-state index contributed by atoms with van der Waals surface area (Å²) in [7, 11) is 0. The van der Waals surface area contributed by atoms with E-state index in [0.29, 0.717) is 11.3 Å². The fourth-order valence-electron chi connectivity index (χ4n) is 2.97. The molecule has 21 heavy (non-hydrogen) atoms. The van der Waals surface area contributed by atoms with E-state index in [1.54, 1.807) is 0 Å². The molecule has 1 unspecified atom stereocenters. The molecule has 0 aliphatic carbocycles. The van der Waals surface area contributed by atoms with E-state index in [1.165, 1.54) is 17.2 Å². The quantitative estimate of drug-likeness (QED) is 0.721. The summed E-state index contributed by atoms with van der Waals surface area (Å²) in [6.07, 6.45) is 0. The minimum atomic E-state index is -0.635. The van der Waals surface area contributed by atoms with E-state index in [2.05, 4.69) is 27.4 Å². The summed E-state index contributed by atoms with van der Waals surface area (Å²) in [4.78, 5) is 7.40. The predicted octanol–water partition coefficient (Wildman–Crippen LogP) is 3.08. The molecule has 4 rings (SSSR count). The summed E-state index contributed by atoms with van der Waals surface area (Å²) in [6.45, 7) is 1.54. The number of aromatic amines is 1. The Labute approximate surface area is 120 Å². The van der Waals surface area contributed by atoms with Gasteiger partial charge in [0.2, 0.25) is 0 Å². The molecule has 3 nitrogen and oxygen atoms in total. The van der Waals surface area contributed by atoms with Crippen molar-refractivity contribution in [2.75, 3.05) is 6.54 Å². The number of hydrogen-bond donors (Lipinski definition) is 2. The van der Waals surface area contributed by atoms with Gasteiger partial charge < -0.3 is 10.3 Å². The van der Waals surface area contributed by atoms with Crippen LogP contribution in [0.15, 0.2) is 36.4 Å². The van der Waals surface area contributed by atoms with Crippen molar-refractivity contribution in [3.63, 3.8) is 0 Å². The van der Waals surface area contributed by atoms with Crippen LogP contribution in [0.4, 0.5) is 8.78 Å². The first-order valence-electron chi connectivity index (χ1n) is 6.85. The number of benzene rings is 2. The van der Waals surface area contributed by atoms with Gasteiger partial charge >= 0.3 is 0 Å². The molecule has 1 aliphatic rings. The summed E-state index contributed by atoms with van der Waals surface area (Å²) in [5.74, 6) is -0.555. The summed E-state index contributed by atoms with van der Waals surface area (Å²) < 4.78 is 27.1. The highest BCUT2D eigenvalue weighted by molar-refractivity contribution is 5.76. The van der Waals surface area contributed by atoms with E-state index < -0.39 is 11.6 Å². The van der Waals surface area contributed by atoms with Crippen molar-refractivity contribution in [3.8, 4) is 0 Å². The number of aromatic nitrogens is 2. The minimum absolute atomic E-state index is 0.0183. The second-order valence-corrected chi connectivity index (χ2v) is 5.29. The lowest BCUT2D eigenvalue weighted by Crippen LogP contribution is -2.29. The Balaban J connectivity index is 1.86. The Kier molecular flexibility index (Phi) is 2.75. The summed E-state index contributed by atoms with van der Waals surface area (Å²) in [5, 5.41) is 3.33. The molecule has 0 saturated heterocycles. The average molecular weight is 285 g/mol. The molecule has 106 valence electrons. The lowest BCUT2D eigenvalue weighted by molar-refractivity contribution is 0.575. The molecular weight excluding hydrogens is 272 g/mol. The third-order valence-corrected chi connectivity index (χ3v) is 3.95. The molecule has 0 saturated carbocycles. The van der Waals surface area contributed by atoms with E-state index >= 15 is 0 Å². The highest BCUT2D eigenvalue weighted by Crippen LogP contribution is 2.30. The second kappa shape index (κ2) is 4.63. The van der Waals surface area contributed by atoms with Crippen LogP contribution in [-0.4, -0.2) is 16.5 Å². The van der Waals surface area contributed by atoms with Gasteiger partial charge in [0, 0.05) is 19.2 Å². The first kappa shape index (κ1) is 12.5. The van der Waals surface area contributed by atoms with E-state index in [1.807, 2.05) is 12.1 Å². The number of rotatable bonds is 1. The molecule has 2 heterocycles. The van der Waals surface area contributed by atoms with Gasteiger partial charge in [0.05, 0.1) is 11.4 Å². The van der Waals surface area contributed by atoms with Crippen LogP contribution in [0.3, 0.4) is 0 Å². The average Bonchev–Trinajstić information content (AvgIpc) is 2.90. The zero-order chi connectivity index (χ0) is 14.4. The van der Waals surface area contributed by atoms with Crippen LogP contribution in [0, 0.1) is 11.6 Å². The molecule has 2 N–H and O–H groups in total. The molecule has 5 heteroatoms. The van der Waals surface area contributed by atoms with Crippen molar-refractivity contribution in [3.05, 3.63) is 65.0 Å². The van der Waals surface area contributed by atoms with E-state index in [0.717, 1.165) is 19.2 Å². The van der Waals surface area contributed by atoms with Crippen molar-refractivity contribution in [2.24, 2.45) is 0 Å². The van der Waals surface area contributed by atoms with Gasteiger partial charge in [0.1, 0.15) is 17.2 Å².